The minimum absolute atomic E-state index is 0.0223. The van der Waals surface area contributed by atoms with Crippen LogP contribution >= 0.6 is 11.6 Å². The molecule has 8 heteroatoms. The van der Waals surface area contributed by atoms with Crippen LogP contribution in [0.5, 0.6) is 5.75 Å². The fourth-order valence-corrected chi connectivity index (χ4v) is 5.42. The summed E-state index contributed by atoms with van der Waals surface area (Å²) in [7, 11) is -3.04. The Kier molecular flexibility index (Phi) is 7.52. The average molecular weight is 452 g/mol. The summed E-state index contributed by atoms with van der Waals surface area (Å²) in [5.41, 5.74) is 1.59. The molecule has 30 heavy (non-hydrogen) atoms. The molecule has 0 saturated carbocycles. The van der Waals surface area contributed by atoms with Crippen molar-refractivity contribution in [2.75, 3.05) is 24.7 Å². The second kappa shape index (κ2) is 9.92. The molecule has 0 radical (unpaired) electrons. The Bertz CT molecular complexity index is 960. The molecule has 0 spiro atoms. The van der Waals surface area contributed by atoms with Gasteiger partial charge in [-0.2, -0.15) is 0 Å². The molecule has 1 saturated heterocycles. The highest BCUT2D eigenvalue weighted by molar-refractivity contribution is 7.91. The van der Waals surface area contributed by atoms with Gasteiger partial charge in [-0.15, -0.1) is 0 Å². The number of nitrogens with zero attached hydrogens (tertiary/aromatic N) is 1. The van der Waals surface area contributed by atoms with Crippen LogP contribution in [0.2, 0.25) is 5.02 Å². The molecule has 0 aromatic heterocycles. The first-order chi connectivity index (χ1) is 14.2. The SMILES string of the molecule is CC(=O)c1ccc(OCC(O)CN(Cc2ccc(Cl)cc2)C2CCS(=O)(=O)C2)cc1. The number of aliphatic hydroxyl groups is 1. The highest BCUT2D eigenvalue weighted by Gasteiger charge is 2.33. The van der Waals surface area contributed by atoms with E-state index in [-0.39, 0.29) is 36.5 Å². The zero-order chi connectivity index (χ0) is 21.7. The average Bonchev–Trinajstić information content (AvgIpc) is 3.07. The highest BCUT2D eigenvalue weighted by Crippen LogP contribution is 2.21. The molecule has 2 aromatic carbocycles. The smallest absolute Gasteiger partial charge is 0.159 e. The fraction of sp³-hybridized carbons (Fsp3) is 0.409. The summed E-state index contributed by atoms with van der Waals surface area (Å²) >= 11 is 5.96. The van der Waals surface area contributed by atoms with Crippen molar-refractivity contribution in [3.05, 3.63) is 64.7 Å². The second-order valence-electron chi connectivity index (χ2n) is 7.66. The third-order valence-corrected chi connectivity index (χ3v) is 7.17. The molecule has 162 valence electrons. The van der Waals surface area contributed by atoms with E-state index in [1.54, 1.807) is 36.4 Å². The van der Waals surface area contributed by atoms with Gasteiger partial charge in [0.25, 0.3) is 0 Å². The Morgan fingerprint density at radius 3 is 2.43 bits per heavy atom. The molecule has 1 aliphatic rings. The lowest BCUT2D eigenvalue weighted by molar-refractivity contribution is 0.0524. The first kappa shape index (κ1) is 22.7. The quantitative estimate of drug-likeness (QED) is 0.590. The van der Waals surface area contributed by atoms with E-state index in [1.165, 1.54) is 6.92 Å². The number of hydrogen-bond donors (Lipinski definition) is 1. The molecule has 0 amide bonds. The Morgan fingerprint density at radius 1 is 1.20 bits per heavy atom. The van der Waals surface area contributed by atoms with Crippen LogP contribution in [0, 0.1) is 0 Å². The zero-order valence-corrected chi connectivity index (χ0v) is 18.4. The Morgan fingerprint density at radius 2 is 1.87 bits per heavy atom. The molecule has 0 bridgehead atoms. The molecular weight excluding hydrogens is 426 g/mol. The minimum atomic E-state index is -3.04. The maximum Gasteiger partial charge on any atom is 0.159 e. The summed E-state index contributed by atoms with van der Waals surface area (Å²) in [6.45, 7) is 2.37. The summed E-state index contributed by atoms with van der Waals surface area (Å²) in [6, 6.07) is 14.0. The van der Waals surface area contributed by atoms with Crippen molar-refractivity contribution in [3.8, 4) is 5.75 Å². The van der Waals surface area contributed by atoms with Gasteiger partial charge in [-0.1, -0.05) is 23.7 Å². The van der Waals surface area contributed by atoms with Crippen molar-refractivity contribution >= 4 is 27.2 Å². The van der Waals surface area contributed by atoms with E-state index >= 15 is 0 Å². The lowest BCUT2D eigenvalue weighted by Crippen LogP contribution is -2.42. The van der Waals surface area contributed by atoms with E-state index < -0.39 is 15.9 Å². The summed E-state index contributed by atoms with van der Waals surface area (Å²) in [5, 5.41) is 11.2. The second-order valence-corrected chi connectivity index (χ2v) is 10.3. The van der Waals surface area contributed by atoms with Crippen LogP contribution in [-0.2, 0) is 16.4 Å². The number of rotatable bonds is 9. The third kappa shape index (κ3) is 6.54. The molecule has 3 rings (SSSR count). The van der Waals surface area contributed by atoms with Crippen molar-refractivity contribution in [3.63, 3.8) is 0 Å². The Labute approximate surface area is 182 Å². The number of Topliss-reactive ketones (excluding diaryl/α,β-unsaturated/α-hetero) is 1. The van der Waals surface area contributed by atoms with Gasteiger partial charge in [0.2, 0.25) is 0 Å². The lowest BCUT2D eigenvalue weighted by Gasteiger charge is -2.30. The van der Waals surface area contributed by atoms with Crippen LogP contribution in [-0.4, -0.2) is 61.0 Å². The van der Waals surface area contributed by atoms with Gasteiger partial charge in [0.1, 0.15) is 18.5 Å². The molecule has 0 aliphatic carbocycles. The monoisotopic (exact) mass is 451 g/mol. The molecule has 1 heterocycles. The Balaban J connectivity index is 1.62. The van der Waals surface area contributed by atoms with Gasteiger partial charge in [0, 0.05) is 29.7 Å². The number of ether oxygens (including phenoxy) is 1. The highest BCUT2D eigenvalue weighted by atomic mass is 35.5. The first-order valence-corrected chi connectivity index (χ1v) is 12.0. The number of ketones is 1. The first-order valence-electron chi connectivity index (χ1n) is 9.82. The number of carbonyl (C=O) groups excluding carboxylic acids is 1. The number of aliphatic hydroxyl groups excluding tert-OH is 1. The van der Waals surface area contributed by atoms with Gasteiger partial charge in [-0.3, -0.25) is 9.69 Å². The van der Waals surface area contributed by atoms with E-state index in [0.29, 0.717) is 29.3 Å². The minimum Gasteiger partial charge on any atom is -0.491 e. The number of benzene rings is 2. The molecule has 6 nitrogen and oxygen atoms in total. The maximum absolute atomic E-state index is 12.0. The number of carbonyl (C=O) groups is 1. The van der Waals surface area contributed by atoms with Crippen LogP contribution in [0.3, 0.4) is 0 Å². The van der Waals surface area contributed by atoms with Crippen LogP contribution in [0.15, 0.2) is 48.5 Å². The molecular formula is C22H26ClNO5S. The van der Waals surface area contributed by atoms with Gasteiger partial charge in [0.15, 0.2) is 15.6 Å². The molecule has 2 unspecified atom stereocenters. The van der Waals surface area contributed by atoms with Crippen LogP contribution in [0.4, 0.5) is 0 Å². The van der Waals surface area contributed by atoms with Gasteiger partial charge < -0.3 is 9.84 Å². The van der Waals surface area contributed by atoms with Crippen molar-refractivity contribution in [1.29, 1.82) is 0 Å². The fourth-order valence-electron chi connectivity index (χ4n) is 3.53. The van der Waals surface area contributed by atoms with E-state index in [4.69, 9.17) is 16.3 Å². The van der Waals surface area contributed by atoms with Gasteiger partial charge in [-0.25, -0.2) is 8.42 Å². The standard InChI is InChI=1S/C22H26ClNO5S/c1-16(25)18-4-8-22(9-5-18)29-14-21(26)13-24(20-10-11-30(27,28)15-20)12-17-2-6-19(23)7-3-17/h2-9,20-21,26H,10-15H2,1H3. The predicted molar refractivity (Wildman–Crippen MR) is 117 cm³/mol. The summed E-state index contributed by atoms with van der Waals surface area (Å²) in [4.78, 5) is 13.3. The van der Waals surface area contributed by atoms with Crippen molar-refractivity contribution < 1.29 is 23.1 Å². The van der Waals surface area contributed by atoms with E-state index in [2.05, 4.69) is 0 Å². The number of sulfone groups is 1. The van der Waals surface area contributed by atoms with Gasteiger partial charge in [0.05, 0.1) is 11.5 Å². The van der Waals surface area contributed by atoms with E-state index in [1.807, 2.05) is 17.0 Å². The van der Waals surface area contributed by atoms with Crippen LogP contribution in [0.1, 0.15) is 29.3 Å². The van der Waals surface area contributed by atoms with Crippen LogP contribution in [0.25, 0.3) is 0 Å². The molecule has 1 N–H and O–H groups in total. The maximum atomic E-state index is 12.0. The lowest BCUT2D eigenvalue weighted by atomic mass is 10.1. The van der Waals surface area contributed by atoms with Crippen molar-refractivity contribution in [2.45, 2.75) is 32.0 Å². The largest absolute Gasteiger partial charge is 0.491 e. The Hall–Kier alpha value is -1.93. The topological polar surface area (TPSA) is 83.9 Å². The van der Waals surface area contributed by atoms with E-state index in [0.717, 1.165) is 5.56 Å². The third-order valence-electron chi connectivity index (χ3n) is 5.17. The van der Waals surface area contributed by atoms with Gasteiger partial charge >= 0.3 is 0 Å². The van der Waals surface area contributed by atoms with Crippen molar-refractivity contribution in [1.82, 2.24) is 4.90 Å². The predicted octanol–water partition coefficient (Wildman–Crippen LogP) is 2.97. The normalized spacial score (nSPS) is 19.0. The summed E-state index contributed by atoms with van der Waals surface area (Å²) in [5.74, 6) is 0.808. The van der Waals surface area contributed by atoms with E-state index in [9.17, 15) is 18.3 Å². The van der Waals surface area contributed by atoms with Crippen LogP contribution < -0.4 is 4.74 Å². The summed E-state index contributed by atoms with van der Waals surface area (Å²) < 4.78 is 29.6. The molecule has 1 aliphatic heterocycles. The zero-order valence-electron chi connectivity index (χ0n) is 16.8. The van der Waals surface area contributed by atoms with Gasteiger partial charge in [-0.05, 0) is 55.3 Å². The van der Waals surface area contributed by atoms with Crippen molar-refractivity contribution in [2.24, 2.45) is 0 Å². The number of hydrogen-bond acceptors (Lipinski definition) is 6. The number of halogens is 1. The molecule has 1 fully saturated rings. The molecule has 2 aromatic rings. The summed E-state index contributed by atoms with van der Waals surface area (Å²) in [6.07, 6.45) is -0.246. The molecule has 2 atom stereocenters.